The number of aromatic nitrogens is 2. The van der Waals surface area contributed by atoms with Crippen LogP contribution in [0, 0.1) is 5.92 Å². The van der Waals surface area contributed by atoms with Crippen molar-refractivity contribution in [3.8, 4) is 5.88 Å². The molecule has 0 amide bonds. The largest absolute Gasteiger partial charge is 0.481 e. The monoisotopic (exact) mass is 263 g/mol. The van der Waals surface area contributed by atoms with Crippen LogP contribution in [0.2, 0.25) is 0 Å². The number of rotatable bonds is 5. The van der Waals surface area contributed by atoms with Crippen LogP contribution in [0.25, 0.3) is 0 Å². The molecule has 4 nitrogen and oxygen atoms in total. The Balaban J connectivity index is 2.17. The maximum Gasteiger partial charge on any atom is 0.216 e. The van der Waals surface area contributed by atoms with Gasteiger partial charge in [0.25, 0.3) is 0 Å². The molecule has 0 bridgehead atoms. The van der Waals surface area contributed by atoms with Crippen LogP contribution in [0.15, 0.2) is 12.4 Å². The predicted octanol–water partition coefficient (Wildman–Crippen LogP) is 3.11. The summed E-state index contributed by atoms with van der Waals surface area (Å²) in [5.74, 6) is 1.34. The lowest BCUT2D eigenvalue weighted by molar-refractivity contribution is 0.321. The highest BCUT2D eigenvalue weighted by atomic mass is 16.5. The molecule has 0 aromatic carbocycles. The highest BCUT2D eigenvalue weighted by Crippen LogP contribution is 2.33. The second kappa shape index (κ2) is 7.43. The van der Waals surface area contributed by atoms with Crippen LogP contribution in [-0.2, 0) is 0 Å². The molecular weight excluding hydrogens is 238 g/mol. The summed E-state index contributed by atoms with van der Waals surface area (Å²) in [6.07, 6.45) is 9.64. The van der Waals surface area contributed by atoms with Gasteiger partial charge in [0.05, 0.1) is 18.8 Å². The van der Waals surface area contributed by atoms with E-state index in [0.717, 1.165) is 12.2 Å². The summed E-state index contributed by atoms with van der Waals surface area (Å²) >= 11 is 0. The highest BCUT2D eigenvalue weighted by molar-refractivity contribution is 5.17. The quantitative estimate of drug-likeness (QED) is 0.829. The van der Waals surface area contributed by atoms with Crippen LogP contribution in [0.5, 0.6) is 5.88 Å². The van der Waals surface area contributed by atoms with Crippen molar-refractivity contribution in [2.24, 2.45) is 5.92 Å². The van der Waals surface area contributed by atoms with Crippen molar-refractivity contribution in [3.05, 3.63) is 18.1 Å². The van der Waals surface area contributed by atoms with Crippen LogP contribution in [0.1, 0.15) is 57.2 Å². The summed E-state index contributed by atoms with van der Waals surface area (Å²) in [5.41, 5.74) is 1.07. The minimum Gasteiger partial charge on any atom is -0.481 e. The van der Waals surface area contributed by atoms with Gasteiger partial charge in [-0.15, -0.1) is 0 Å². The Morgan fingerprint density at radius 2 is 2.00 bits per heavy atom. The first-order valence-electron chi connectivity index (χ1n) is 7.44. The normalized spacial score (nSPS) is 18.8. The van der Waals surface area contributed by atoms with Gasteiger partial charge in [0, 0.05) is 6.07 Å². The van der Waals surface area contributed by atoms with Gasteiger partial charge in [-0.1, -0.05) is 32.6 Å². The third-order valence-electron chi connectivity index (χ3n) is 3.99. The minimum atomic E-state index is 0.333. The Bertz CT molecular complexity index is 375. The van der Waals surface area contributed by atoms with Gasteiger partial charge >= 0.3 is 0 Å². The maximum atomic E-state index is 5.22. The second-order valence-corrected chi connectivity index (χ2v) is 5.27. The van der Waals surface area contributed by atoms with Gasteiger partial charge < -0.3 is 10.1 Å². The fourth-order valence-corrected chi connectivity index (χ4v) is 3.01. The fourth-order valence-electron chi connectivity index (χ4n) is 3.01. The molecule has 1 aromatic rings. The minimum absolute atomic E-state index is 0.333. The SMILES string of the molecule is CCNC(c1cc(OC)ncn1)C1CCCCCC1. The molecular formula is C15H25N3O. The third kappa shape index (κ3) is 3.90. The van der Waals surface area contributed by atoms with Crippen molar-refractivity contribution in [1.82, 2.24) is 15.3 Å². The lowest BCUT2D eigenvalue weighted by Gasteiger charge is -2.26. The Morgan fingerprint density at radius 1 is 1.26 bits per heavy atom. The van der Waals surface area contributed by atoms with Gasteiger partial charge in [-0.25, -0.2) is 9.97 Å². The van der Waals surface area contributed by atoms with E-state index in [1.165, 1.54) is 38.5 Å². The van der Waals surface area contributed by atoms with E-state index in [-0.39, 0.29) is 0 Å². The van der Waals surface area contributed by atoms with Crippen LogP contribution >= 0.6 is 0 Å². The highest BCUT2D eigenvalue weighted by Gasteiger charge is 2.24. The maximum absolute atomic E-state index is 5.22. The molecule has 2 rings (SSSR count). The summed E-state index contributed by atoms with van der Waals surface area (Å²) in [4.78, 5) is 8.56. The van der Waals surface area contributed by atoms with E-state index in [2.05, 4.69) is 22.2 Å². The summed E-state index contributed by atoms with van der Waals surface area (Å²) in [7, 11) is 1.65. The first kappa shape index (κ1) is 14.3. The molecule has 1 unspecified atom stereocenters. The lowest BCUT2D eigenvalue weighted by Crippen LogP contribution is -2.29. The van der Waals surface area contributed by atoms with Crippen molar-refractivity contribution < 1.29 is 4.74 Å². The van der Waals surface area contributed by atoms with Crippen LogP contribution in [0.4, 0.5) is 0 Å². The molecule has 1 fully saturated rings. The number of nitrogens with one attached hydrogen (secondary N) is 1. The zero-order chi connectivity index (χ0) is 13.5. The number of ether oxygens (including phenoxy) is 1. The van der Waals surface area contributed by atoms with Crippen LogP contribution < -0.4 is 10.1 Å². The van der Waals surface area contributed by atoms with E-state index < -0.39 is 0 Å². The summed E-state index contributed by atoms with van der Waals surface area (Å²) in [6, 6.07) is 2.30. The molecule has 1 aliphatic carbocycles. The molecule has 0 radical (unpaired) electrons. The van der Waals surface area contributed by atoms with E-state index >= 15 is 0 Å². The molecule has 0 aliphatic heterocycles. The first-order valence-corrected chi connectivity index (χ1v) is 7.44. The zero-order valence-electron chi connectivity index (χ0n) is 12.1. The summed E-state index contributed by atoms with van der Waals surface area (Å²) in [6.45, 7) is 3.12. The molecule has 1 atom stereocenters. The van der Waals surface area contributed by atoms with Crippen molar-refractivity contribution in [2.45, 2.75) is 51.5 Å². The van der Waals surface area contributed by atoms with Gasteiger partial charge in [0.15, 0.2) is 0 Å². The van der Waals surface area contributed by atoms with E-state index in [1.54, 1.807) is 13.4 Å². The van der Waals surface area contributed by atoms with E-state index in [1.807, 2.05) is 6.07 Å². The molecule has 1 aromatic heterocycles. The summed E-state index contributed by atoms with van der Waals surface area (Å²) < 4.78 is 5.22. The van der Waals surface area contributed by atoms with Crippen molar-refractivity contribution >= 4 is 0 Å². The number of nitrogens with zero attached hydrogens (tertiary/aromatic N) is 2. The topological polar surface area (TPSA) is 47.0 Å². The smallest absolute Gasteiger partial charge is 0.216 e. The van der Waals surface area contributed by atoms with Gasteiger partial charge in [-0.3, -0.25) is 0 Å². The predicted molar refractivity (Wildman–Crippen MR) is 76.2 cm³/mol. The van der Waals surface area contributed by atoms with E-state index in [4.69, 9.17) is 4.74 Å². The number of hydrogen-bond donors (Lipinski definition) is 1. The lowest BCUT2D eigenvalue weighted by atomic mass is 9.89. The number of methoxy groups -OCH3 is 1. The Hall–Kier alpha value is -1.16. The first-order chi connectivity index (χ1) is 9.35. The molecule has 1 N–H and O–H groups in total. The van der Waals surface area contributed by atoms with Crippen LogP contribution in [0.3, 0.4) is 0 Å². The molecule has 0 saturated heterocycles. The average Bonchev–Trinajstić information content (AvgIpc) is 2.74. The summed E-state index contributed by atoms with van der Waals surface area (Å²) in [5, 5.41) is 3.60. The van der Waals surface area contributed by atoms with E-state index in [0.29, 0.717) is 17.8 Å². The molecule has 0 spiro atoms. The van der Waals surface area contributed by atoms with Gasteiger partial charge in [0.2, 0.25) is 5.88 Å². The second-order valence-electron chi connectivity index (χ2n) is 5.27. The molecule has 1 heterocycles. The van der Waals surface area contributed by atoms with Gasteiger partial charge in [0.1, 0.15) is 6.33 Å². The van der Waals surface area contributed by atoms with Crippen molar-refractivity contribution in [2.75, 3.05) is 13.7 Å². The van der Waals surface area contributed by atoms with Gasteiger partial charge in [-0.05, 0) is 25.3 Å². The molecule has 19 heavy (non-hydrogen) atoms. The molecule has 4 heteroatoms. The Labute approximate surface area is 116 Å². The average molecular weight is 263 g/mol. The molecule has 106 valence electrons. The zero-order valence-corrected chi connectivity index (χ0v) is 12.1. The Morgan fingerprint density at radius 3 is 2.63 bits per heavy atom. The third-order valence-corrected chi connectivity index (χ3v) is 3.99. The standard InChI is InChI=1S/C15H25N3O/c1-3-16-15(12-8-6-4-5-7-9-12)13-10-14(19-2)18-11-17-13/h10-12,15-16H,3-9H2,1-2H3. The molecule has 1 saturated carbocycles. The van der Waals surface area contributed by atoms with E-state index in [9.17, 15) is 0 Å². The van der Waals surface area contributed by atoms with Crippen LogP contribution in [-0.4, -0.2) is 23.6 Å². The van der Waals surface area contributed by atoms with Crippen molar-refractivity contribution in [3.63, 3.8) is 0 Å². The number of hydrogen-bond acceptors (Lipinski definition) is 4. The Kier molecular flexibility index (Phi) is 5.58. The fraction of sp³-hybridized carbons (Fsp3) is 0.733. The van der Waals surface area contributed by atoms with Crippen molar-refractivity contribution in [1.29, 1.82) is 0 Å². The van der Waals surface area contributed by atoms with Gasteiger partial charge in [-0.2, -0.15) is 0 Å². The molecule has 1 aliphatic rings.